The molecule has 0 saturated carbocycles. The van der Waals surface area contributed by atoms with Crippen LogP contribution in [0.25, 0.3) is 0 Å². The van der Waals surface area contributed by atoms with Gasteiger partial charge in [0.15, 0.2) is 0 Å². The highest BCUT2D eigenvalue weighted by Gasteiger charge is 2.29. The summed E-state index contributed by atoms with van der Waals surface area (Å²) in [5.74, 6) is -0.0615. The summed E-state index contributed by atoms with van der Waals surface area (Å²) < 4.78 is 5.28. The fourth-order valence-electron chi connectivity index (χ4n) is 2.69. The van der Waals surface area contributed by atoms with Gasteiger partial charge in [-0.05, 0) is 18.4 Å². The normalized spacial score (nSPS) is 17.4. The van der Waals surface area contributed by atoms with Crippen molar-refractivity contribution in [2.45, 2.75) is 25.5 Å². The Morgan fingerprint density at radius 3 is 2.77 bits per heavy atom. The van der Waals surface area contributed by atoms with Crippen LogP contribution in [-0.2, 0) is 16.1 Å². The third kappa shape index (κ3) is 4.21. The first kappa shape index (κ1) is 16.3. The van der Waals surface area contributed by atoms with Gasteiger partial charge in [0.05, 0.1) is 6.54 Å². The number of carbonyl (C=O) groups is 2. The van der Waals surface area contributed by atoms with Crippen molar-refractivity contribution in [2.24, 2.45) is 5.73 Å². The lowest BCUT2D eigenvalue weighted by Gasteiger charge is -2.28. The first-order valence-corrected chi connectivity index (χ1v) is 7.53. The summed E-state index contributed by atoms with van der Waals surface area (Å²) in [6.45, 7) is 1.45. The predicted octanol–water partition coefficient (Wildman–Crippen LogP) is 1.20. The molecule has 22 heavy (non-hydrogen) atoms. The Bertz CT molecular complexity index is 507. The summed E-state index contributed by atoms with van der Waals surface area (Å²) in [7, 11) is 1.69. The number of amides is 2. The molecular formula is C16H23N3O3. The highest BCUT2D eigenvalue weighted by molar-refractivity contribution is 5.78. The van der Waals surface area contributed by atoms with E-state index in [2.05, 4.69) is 0 Å². The van der Waals surface area contributed by atoms with Gasteiger partial charge < -0.3 is 20.3 Å². The molecule has 1 heterocycles. The molecular weight excluding hydrogens is 282 g/mol. The van der Waals surface area contributed by atoms with Gasteiger partial charge in [0, 0.05) is 26.2 Å². The van der Waals surface area contributed by atoms with Gasteiger partial charge in [-0.15, -0.1) is 0 Å². The van der Waals surface area contributed by atoms with Gasteiger partial charge in [-0.25, -0.2) is 4.79 Å². The van der Waals surface area contributed by atoms with E-state index in [1.165, 1.54) is 4.90 Å². The third-order valence-electron chi connectivity index (χ3n) is 3.87. The number of ether oxygens (including phenoxy) is 1. The first-order chi connectivity index (χ1) is 10.6. The zero-order valence-electron chi connectivity index (χ0n) is 12.9. The topological polar surface area (TPSA) is 75.9 Å². The van der Waals surface area contributed by atoms with Crippen molar-refractivity contribution in [3.8, 4) is 0 Å². The molecule has 1 aliphatic heterocycles. The van der Waals surface area contributed by atoms with Crippen LogP contribution in [-0.4, -0.2) is 54.5 Å². The molecule has 1 saturated heterocycles. The van der Waals surface area contributed by atoms with E-state index in [0.29, 0.717) is 13.1 Å². The van der Waals surface area contributed by atoms with Gasteiger partial charge in [-0.2, -0.15) is 0 Å². The molecule has 120 valence electrons. The highest BCUT2D eigenvalue weighted by Crippen LogP contribution is 2.18. The van der Waals surface area contributed by atoms with Crippen LogP contribution in [0, 0.1) is 0 Å². The number of hydrogen-bond donors (Lipinski definition) is 1. The molecule has 0 radical (unpaired) electrons. The number of nitrogens with zero attached hydrogens (tertiary/aromatic N) is 2. The number of hydrogen-bond acceptors (Lipinski definition) is 4. The SMILES string of the molecule is CN(C[C@H]1CCCN1C(=O)CN)C(=O)OCc1ccccc1. The minimum atomic E-state index is -0.379. The number of rotatable bonds is 5. The molecule has 1 aromatic rings. The number of carbonyl (C=O) groups excluding carboxylic acids is 2. The smallest absolute Gasteiger partial charge is 0.409 e. The summed E-state index contributed by atoms with van der Waals surface area (Å²) in [6.07, 6.45) is 1.46. The van der Waals surface area contributed by atoms with Crippen molar-refractivity contribution >= 4 is 12.0 Å². The Kier molecular flexibility index (Phi) is 5.77. The van der Waals surface area contributed by atoms with Crippen LogP contribution in [0.3, 0.4) is 0 Å². The Morgan fingerprint density at radius 1 is 1.36 bits per heavy atom. The van der Waals surface area contributed by atoms with Crippen molar-refractivity contribution in [1.29, 1.82) is 0 Å². The fraction of sp³-hybridized carbons (Fsp3) is 0.500. The lowest BCUT2D eigenvalue weighted by molar-refractivity contribution is -0.130. The molecule has 6 heteroatoms. The molecule has 0 aliphatic carbocycles. The summed E-state index contributed by atoms with van der Waals surface area (Å²) in [6, 6.07) is 9.58. The molecule has 2 amide bonds. The van der Waals surface area contributed by atoms with E-state index in [4.69, 9.17) is 10.5 Å². The van der Waals surface area contributed by atoms with Gasteiger partial charge in [0.2, 0.25) is 5.91 Å². The van der Waals surface area contributed by atoms with E-state index in [1.807, 2.05) is 30.3 Å². The van der Waals surface area contributed by atoms with E-state index in [0.717, 1.165) is 18.4 Å². The van der Waals surface area contributed by atoms with Gasteiger partial charge in [-0.1, -0.05) is 30.3 Å². The standard InChI is InChI=1S/C16H23N3O3/c1-18(11-14-8-5-9-19(14)15(20)10-17)16(21)22-12-13-6-3-2-4-7-13/h2-4,6-7,14H,5,8-12,17H2,1H3/t14-/m1/s1. The molecule has 0 spiro atoms. The summed E-state index contributed by atoms with van der Waals surface area (Å²) >= 11 is 0. The Balaban J connectivity index is 1.82. The number of benzene rings is 1. The molecule has 2 rings (SSSR count). The molecule has 0 bridgehead atoms. The Labute approximate surface area is 130 Å². The zero-order chi connectivity index (χ0) is 15.9. The van der Waals surface area contributed by atoms with E-state index < -0.39 is 0 Å². The van der Waals surface area contributed by atoms with Crippen LogP contribution in [0.15, 0.2) is 30.3 Å². The lowest BCUT2D eigenvalue weighted by atomic mass is 10.2. The van der Waals surface area contributed by atoms with Gasteiger partial charge in [0.1, 0.15) is 6.61 Å². The van der Waals surface area contributed by atoms with Crippen molar-refractivity contribution < 1.29 is 14.3 Å². The number of likely N-dealkylation sites (N-methyl/N-ethyl adjacent to an activating group) is 1. The van der Waals surface area contributed by atoms with E-state index in [-0.39, 0.29) is 31.2 Å². The summed E-state index contributed by atoms with van der Waals surface area (Å²) in [5, 5.41) is 0. The zero-order valence-corrected chi connectivity index (χ0v) is 12.9. The van der Waals surface area contributed by atoms with Crippen LogP contribution in [0.2, 0.25) is 0 Å². The van der Waals surface area contributed by atoms with Gasteiger partial charge in [-0.3, -0.25) is 4.79 Å². The third-order valence-corrected chi connectivity index (χ3v) is 3.87. The minimum Gasteiger partial charge on any atom is -0.445 e. The van der Waals surface area contributed by atoms with E-state index in [9.17, 15) is 9.59 Å². The van der Waals surface area contributed by atoms with Crippen LogP contribution < -0.4 is 5.73 Å². The van der Waals surface area contributed by atoms with Crippen LogP contribution in [0.4, 0.5) is 4.79 Å². The largest absolute Gasteiger partial charge is 0.445 e. The van der Waals surface area contributed by atoms with Crippen molar-refractivity contribution in [3.05, 3.63) is 35.9 Å². The minimum absolute atomic E-state index is 0.0126. The van der Waals surface area contributed by atoms with Crippen LogP contribution >= 0.6 is 0 Å². The van der Waals surface area contributed by atoms with Crippen LogP contribution in [0.1, 0.15) is 18.4 Å². The van der Waals surface area contributed by atoms with E-state index >= 15 is 0 Å². The molecule has 2 N–H and O–H groups in total. The van der Waals surface area contributed by atoms with Gasteiger partial charge in [0.25, 0.3) is 0 Å². The fourth-order valence-corrected chi connectivity index (χ4v) is 2.69. The maximum Gasteiger partial charge on any atom is 0.409 e. The Morgan fingerprint density at radius 2 is 2.09 bits per heavy atom. The molecule has 0 unspecified atom stereocenters. The lowest BCUT2D eigenvalue weighted by Crippen LogP contribution is -2.45. The molecule has 0 aromatic heterocycles. The Hall–Kier alpha value is -2.08. The van der Waals surface area contributed by atoms with Crippen molar-refractivity contribution in [3.63, 3.8) is 0 Å². The molecule has 1 aromatic carbocycles. The quantitative estimate of drug-likeness (QED) is 0.887. The number of likely N-dealkylation sites (tertiary alicyclic amines) is 1. The predicted molar refractivity (Wildman–Crippen MR) is 83.0 cm³/mol. The monoisotopic (exact) mass is 305 g/mol. The average Bonchev–Trinajstić information content (AvgIpc) is 3.00. The molecule has 6 nitrogen and oxygen atoms in total. The molecule has 1 fully saturated rings. The second kappa shape index (κ2) is 7.79. The highest BCUT2D eigenvalue weighted by atomic mass is 16.6. The van der Waals surface area contributed by atoms with Crippen molar-refractivity contribution in [2.75, 3.05) is 26.7 Å². The van der Waals surface area contributed by atoms with Crippen LogP contribution in [0.5, 0.6) is 0 Å². The second-order valence-electron chi connectivity index (χ2n) is 5.51. The number of nitrogens with two attached hydrogens (primary N) is 1. The first-order valence-electron chi connectivity index (χ1n) is 7.53. The molecule has 1 atom stereocenters. The van der Waals surface area contributed by atoms with Crippen molar-refractivity contribution in [1.82, 2.24) is 9.80 Å². The van der Waals surface area contributed by atoms with Gasteiger partial charge >= 0.3 is 6.09 Å². The average molecular weight is 305 g/mol. The maximum absolute atomic E-state index is 12.0. The summed E-state index contributed by atoms with van der Waals surface area (Å²) in [4.78, 5) is 27.1. The summed E-state index contributed by atoms with van der Waals surface area (Å²) in [5.41, 5.74) is 6.37. The van der Waals surface area contributed by atoms with E-state index in [1.54, 1.807) is 11.9 Å². The second-order valence-corrected chi connectivity index (χ2v) is 5.51. The maximum atomic E-state index is 12.0. The molecule has 1 aliphatic rings.